The van der Waals surface area contributed by atoms with Crippen molar-refractivity contribution < 1.29 is 0 Å². The fourth-order valence-corrected chi connectivity index (χ4v) is 1.48. The van der Waals surface area contributed by atoms with Gasteiger partial charge in [-0.1, -0.05) is 6.07 Å². The molecule has 6 heteroatoms. The van der Waals surface area contributed by atoms with Gasteiger partial charge < -0.3 is 4.90 Å². The second-order valence-electron chi connectivity index (χ2n) is 3.30. The molecule has 0 radical (unpaired) electrons. The summed E-state index contributed by atoms with van der Waals surface area (Å²) in [6.07, 6.45) is 1.50. The van der Waals surface area contributed by atoms with Crippen LogP contribution < -0.4 is 4.90 Å². The lowest BCUT2D eigenvalue weighted by Crippen LogP contribution is -2.12. The van der Waals surface area contributed by atoms with E-state index >= 15 is 0 Å². The summed E-state index contributed by atoms with van der Waals surface area (Å²) in [5.74, 6) is 0.570. The lowest BCUT2D eigenvalue weighted by atomic mass is 10.2. The number of rotatable bonds is 2. The van der Waals surface area contributed by atoms with Crippen LogP contribution in [-0.4, -0.2) is 22.2 Å². The van der Waals surface area contributed by atoms with Crippen molar-refractivity contribution in [2.75, 3.05) is 11.9 Å². The highest BCUT2D eigenvalue weighted by atomic mass is 35.5. The second kappa shape index (κ2) is 4.76. The van der Waals surface area contributed by atoms with Crippen molar-refractivity contribution in [1.29, 1.82) is 5.26 Å². The van der Waals surface area contributed by atoms with Crippen LogP contribution in [0.1, 0.15) is 5.56 Å². The molecule has 1 aromatic heterocycles. The van der Waals surface area contributed by atoms with E-state index in [4.69, 9.17) is 16.9 Å². The molecule has 0 fully saturated rings. The molecule has 84 valence electrons. The maximum absolute atomic E-state index is 8.83. The van der Waals surface area contributed by atoms with Crippen LogP contribution in [0.3, 0.4) is 0 Å². The van der Waals surface area contributed by atoms with E-state index in [2.05, 4.69) is 21.3 Å². The first-order valence-electron chi connectivity index (χ1n) is 4.80. The lowest BCUT2D eigenvalue weighted by Gasteiger charge is -2.17. The molecule has 0 aliphatic carbocycles. The quantitative estimate of drug-likeness (QED) is 0.811. The summed E-state index contributed by atoms with van der Waals surface area (Å²) in [5.41, 5.74) is 1.42. The Bertz CT molecular complexity index is 578. The number of benzene rings is 1. The second-order valence-corrected chi connectivity index (χ2v) is 3.64. The average Bonchev–Trinajstić information content (AvgIpc) is 2.38. The topological polar surface area (TPSA) is 65.7 Å². The van der Waals surface area contributed by atoms with Gasteiger partial charge in [-0.25, -0.2) is 0 Å². The van der Waals surface area contributed by atoms with Crippen molar-refractivity contribution >= 4 is 23.1 Å². The Morgan fingerprint density at radius 1 is 1.41 bits per heavy atom. The third-order valence-electron chi connectivity index (χ3n) is 2.23. The molecule has 0 unspecified atom stereocenters. The number of halogens is 1. The predicted octanol–water partition coefficient (Wildman–Crippen LogP) is 2.16. The standard InChI is InChI=1S/C11H8ClN5/c1-17(10-7-14-16-11(12)15-10)9-4-2-3-8(5-9)6-13/h2-5,7H,1H3. The summed E-state index contributed by atoms with van der Waals surface area (Å²) < 4.78 is 0. The Hall–Kier alpha value is -2.19. The van der Waals surface area contributed by atoms with Crippen LogP contribution in [0.2, 0.25) is 5.28 Å². The summed E-state index contributed by atoms with van der Waals surface area (Å²) in [6, 6.07) is 9.26. The fraction of sp³-hybridized carbons (Fsp3) is 0.0909. The number of aromatic nitrogens is 3. The van der Waals surface area contributed by atoms with Gasteiger partial charge in [-0.15, -0.1) is 5.10 Å². The van der Waals surface area contributed by atoms with Gasteiger partial charge >= 0.3 is 0 Å². The van der Waals surface area contributed by atoms with Gasteiger partial charge in [0.15, 0.2) is 5.82 Å². The normalized spacial score (nSPS) is 9.71. The molecular weight excluding hydrogens is 238 g/mol. The van der Waals surface area contributed by atoms with Crippen LogP contribution in [0.5, 0.6) is 0 Å². The molecule has 0 spiro atoms. The molecule has 0 amide bonds. The SMILES string of the molecule is CN(c1cccc(C#N)c1)c1cnnc(Cl)n1. The first kappa shape index (κ1) is 11.3. The van der Waals surface area contributed by atoms with Crippen LogP contribution in [0.15, 0.2) is 30.5 Å². The van der Waals surface area contributed by atoms with Gasteiger partial charge in [0.25, 0.3) is 0 Å². The van der Waals surface area contributed by atoms with E-state index in [-0.39, 0.29) is 5.28 Å². The van der Waals surface area contributed by atoms with E-state index in [1.54, 1.807) is 23.1 Å². The average molecular weight is 246 g/mol. The number of nitrogens with zero attached hydrogens (tertiary/aromatic N) is 5. The van der Waals surface area contributed by atoms with Crippen LogP contribution in [0.25, 0.3) is 0 Å². The molecule has 1 aromatic carbocycles. The highest BCUT2D eigenvalue weighted by Crippen LogP contribution is 2.22. The number of nitriles is 1. The van der Waals surface area contributed by atoms with Crippen LogP contribution >= 0.6 is 11.6 Å². The van der Waals surface area contributed by atoms with E-state index in [1.807, 2.05) is 13.1 Å². The lowest BCUT2D eigenvalue weighted by molar-refractivity contribution is 0.949. The Morgan fingerprint density at radius 2 is 2.24 bits per heavy atom. The van der Waals surface area contributed by atoms with Gasteiger partial charge in [-0.2, -0.15) is 15.3 Å². The zero-order chi connectivity index (χ0) is 12.3. The van der Waals surface area contributed by atoms with E-state index in [0.717, 1.165) is 5.69 Å². The summed E-state index contributed by atoms with van der Waals surface area (Å²) in [4.78, 5) is 5.82. The van der Waals surface area contributed by atoms with Gasteiger partial charge in [0, 0.05) is 12.7 Å². The van der Waals surface area contributed by atoms with E-state index in [0.29, 0.717) is 11.4 Å². The molecule has 0 bridgehead atoms. The van der Waals surface area contributed by atoms with Crippen molar-refractivity contribution in [3.8, 4) is 6.07 Å². The molecule has 2 aromatic rings. The van der Waals surface area contributed by atoms with Gasteiger partial charge in [0.2, 0.25) is 5.28 Å². The van der Waals surface area contributed by atoms with Crippen molar-refractivity contribution in [1.82, 2.24) is 15.2 Å². The smallest absolute Gasteiger partial charge is 0.244 e. The summed E-state index contributed by atoms with van der Waals surface area (Å²) in [6.45, 7) is 0. The Kier molecular flexibility index (Phi) is 3.17. The largest absolute Gasteiger partial charge is 0.328 e. The Labute approximate surface area is 103 Å². The summed E-state index contributed by atoms with van der Waals surface area (Å²) >= 11 is 5.67. The van der Waals surface area contributed by atoms with Crippen molar-refractivity contribution in [2.45, 2.75) is 0 Å². The van der Waals surface area contributed by atoms with E-state index < -0.39 is 0 Å². The minimum absolute atomic E-state index is 0.0887. The highest BCUT2D eigenvalue weighted by molar-refractivity contribution is 6.28. The molecule has 5 nitrogen and oxygen atoms in total. The molecule has 0 aliphatic rings. The van der Waals surface area contributed by atoms with E-state index in [1.165, 1.54) is 6.20 Å². The van der Waals surface area contributed by atoms with Crippen molar-refractivity contribution in [2.24, 2.45) is 0 Å². The summed E-state index contributed by atoms with van der Waals surface area (Å²) in [5, 5.41) is 16.2. The third kappa shape index (κ3) is 2.49. The Morgan fingerprint density at radius 3 is 2.94 bits per heavy atom. The van der Waals surface area contributed by atoms with Crippen LogP contribution in [0.4, 0.5) is 11.5 Å². The molecule has 0 N–H and O–H groups in total. The maximum Gasteiger partial charge on any atom is 0.244 e. The van der Waals surface area contributed by atoms with Gasteiger partial charge in [-0.05, 0) is 29.8 Å². The van der Waals surface area contributed by atoms with E-state index in [9.17, 15) is 0 Å². The number of anilines is 2. The molecule has 2 rings (SSSR count). The molecule has 0 saturated heterocycles. The Balaban J connectivity index is 2.37. The fourth-order valence-electron chi connectivity index (χ4n) is 1.35. The van der Waals surface area contributed by atoms with Crippen molar-refractivity contribution in [3.63, 3.8) is 0 Å². The van der Waals surface area contributed by atoms with Gasteiger partial charge in [0.1, 0.15) is 0 Å². The van der Waals surface area contributed by atoms with Gasteiger partial charge in [0.05, 0.1) is 17.8 Å². The molecule has 17 heavy (non-hydrogen) atoms. The highest BCUT2D eigenvalue weighted by Gasteiger charge is 2.07. The zero-order valence-corrected chi connectivity index (χ0v) is 9.76. The maximum atomic E-state index is 8.83. The number of hydrogen-bond acceptors (Lipinski definition) is 5. The summed E-state index contributed by atoms with van der Waals surface area (Å²) in [7, 11) is 1.82. The minimum Gasteiger partial charge on any atom is -0.328 e. The van der Waals surface area contributed by atoms with Gasteiger partial charge in [-0.3, -0.25) is 0 Å². The third-order valence-corrected chi connectivity index (χ3v) is 2.39. The molecule has 1 heterocycles. The zero-order valence-electron chi connectivity index (χ0n) is 9.00. The van der Waals surface area contributed by atoms with Crippen molar-refractivity contribution in [3.05, 3.63) is 41.3 Å². The van der Waals surface area contributed by atoms with Crippen LogP contribution in [0, 0.1) is 11.3 Å². The first-order valence-corrected chi connectivity index (χ1v) is 5.17. The first-order chi connectivity index (χ1) is 8.20. The minimum atomic E-state index is 0.0887. The van der Waals surface area contributed by atoms with Crippen LogP contribution in [-0.2, 0) is 0 Å². The molecule has 0 aliphatic heterocycles. The predicted molar refractivity (Wildman–Crippen MR) is 64.1 cm³/mol. The number of hydrogen-bond donors (Lipinski definition) is 0. The monoisotopic (exact) mass is 245 g/mol. The molecule has 0 saturated carbocycles. The molecule has 0 atom stereocenters. The molecular formula is C11H8ClN5.